The van der Waals surface area contributed by atoms with Crippen LogP contribution in [0.1, 0.15) is 30.8 Å². The van der Waals surface area contributed by atoms with Crippen molar-refractivity contribution < 1.29 is 4.74 Å². The fourth-order valence-corrected chi connectivity index (χ4v) is 1.71. The zero-order valence-corrected chi connectivity index (χ0v) is 11.1. The third-order valence-corrected chi connectivity index (χ3v) is 3.03. The first-order valence-electron chi connectivity index (χ1n) is 5.83. The van der Waals surface area contributed by atoms with E-state index in [2.05, 4.69) is 34.9 Å². The molecule has 94 valence electrons. The Morgan fingerprint density at radius 3 is 2.17 bits per heavy atom. The zero-order chi connectivity index (χ0) is 13.2. The first-order chi connectivity index (χ1) is 8.54. The first-order valence-corrected chi connectivity index (χ1v) is 5.83. The van der Waals surface area contributed by atoms with Crippen molar-refractivity contribution in [2.24, 2.45) is 0 Å². The average molecular weight is 243 g/mol. The van der Waals surface area contributed by atoms with Gasteiger partial charge in [-0.3, -0.25) is 9.97 Å². The molecule has 0 aliphatic rings. The van der Waals surface area contributed by atoms with Crippen molar-refractivity contribution in [3.05, 3.63) is 47.7 Å². The molecular weight excluding hydrogens is 226 g/mol. The van der Waals surface area contributed by atoms with Crippen LogP contribution in [-0.2, 0) is 5.41 Å². The minimum absolute atomic E-state index is 0.271. The Bertz CT molecular complexity index is 518. The molecule has 0 aromatic carbocycles. The predicted octanol–water partition coefficient (Wildman–Crippen LogP) is 2.51. The summed E-state index contributed by atoms with van der Waals surface area (Å²) in [4.78, 5) is 13.1. The third-order valence-electron chi connectivity index (χ3n) is 3.03. The van der Waals surface area contributed by atoms with E-state index in [1.807, 2.05) is 19.2 Å². The predicted molar refractivity (Wildman–Crippen MR) is 69.7 cm³/mol. The molecule has 0 fully saturated rings. The normalized spacial score (nSPS) is 11.3. The summed E-state index contributed by atoms with van der Waals surface area (Å²) in [5, 5.41) is 0. The molecule has 0 amide bonds. The van der Waals surface area contributed by atoms with Crippen molar-refractivity contribution in [1.82, 2.24) is 15.0 Å². The van der Waals surface area contributed by atoms with Gasteiger partial charge in [0.2, 0.25) is 5.88 Å². The van der Waals surface area contributed by atoms with E-state index < -0.39 is 0 Å². The zero-order valence-electron chi connectivity index (χ0n) is 11.1. The summed E-state index contributed by atoms with van der Waals surface area (Å²) in [5.41, 5.74) is 2.73. The third kappa shape index (κ3) is 2.32. The maximum absolute atomic E-state index is 5.01. The van der Waals surface area contributed by atoms with Crippen LogP contribution in [0.5, 0.6) is 5.88 Å². The first kappa shape index (κ1) is 12.5. The number of nitrogens with zero attached hydrogens (tertiary/aromatic N) is 3. The van der Waals surface area contributed by atoms with Gasteiger partial charge in [-0.2, -0.15) is 0 Å². The number of aryl methyl sites for hydroxylation is 1. The highest BCUT2D eigenvalue weighted by Gasteiger charge is 2.26. The fourth-order valence-electron chi connectivity index (χ4n) is 1.71. The average Bonchev–Trinajstić information content (AvgIpc) is 2.39. The Morgan fingerprint density at radius 1 is 0.944 bits per heavy atom. The van der Waals surface area contributed by atoms with E-state index in [0.29, 0.717) is 5.88 Å². The summed E-state index contributed by atoms with van der Waals surface area (Å²) in [5.74, 6) is 0.520. The van der Waals surface area contributed by atoms with Crippen molar-refractivity contribution in [3.63, 3.8) is 0 Å². The Morgan fingerprint density at radius 2 is 1.67 bits per heavy atom. The topological polar surface area (TPSA) is 47.9 Å². The van der Waals surface area contributed by atoms with Gasteiger partial charge in [0.25, 0.3) is 0 Å². The highest BCUT2D eigenvalue weighted by atomic mass is 16.5. The lowest BCUT2D eigenvalue weighted by Crippen LogP contribution is -2.22. The number of rotatable bonds is 3. The second-order valence-electron chi connectivity index (χ2n) is 4.79. The Balaban J connectivity index is 2.37. The lowest BCUT2D eigenvalue weighted by atomic mass is 9.85. The fraction of sp³-hybridized carbons (Fsp3) is 0.357. The monoisotopic (exact) mass is 243 g/mol. The molecule has 0 aliphatic heterocycles. The van der Waals surface area contributed by atoms with E-state index in [1.165, 1.54) is 0 Å². The highest BCUT2D eigenvalue weighted by Crippen LogP contribution is 2.28. The molecule has 0 bridgehead atoms. The second kappa shape index (κ2) is 4.72. The van der Waals surface area contributed by atoms with Gasteiger partial charge in [0.05, 0.1) is 36.3 Å². The van der Waals surface area contributed by atoms with Crippen molar-refractivity contribution in [2.75, 3.05) is 7.11 Å². The van der Waals surface area contributed by atoms with Gasteiger partial charge in [-0.15, -0.1) is 0 Å². The Kier molecular flexibility index (Phi) is 3.28. The van der Waals surface area contributed by atoms with Crippen LogP contribution in [0.2, 0.25) is 0 Å². The van der Waals surface area contributed by atoms with Gasteiger partial charge in [-0.1, -0.05) is 6.07 Å². The number of hydrogen-bond acceptors (Lipinski definition) is 4. The smallest absolute Gasteiger partial charge is 0.231 e. The van der Waals surface area contributed by atoms with Crippen LogP contribution >= 0.6 is 0 Å². The Labute approximate surface area is 107 Å². The van der Waals surface area contributed by atoms with E-state index >= 15 is 0 Å². The van der Waals surface area contributed by atoms with Gasteiger partial charge in [-0.05, 0) is 32.4 Å². The maximum atomic E-state index is 5.01. The molecule has 0 saturated heterocycles. The molecule has 4 nitrogen and oxygen atoms in total. The van der Waals surface area contributed by atoms with Crippen molar-refractivity contribution in [3.8, 4) is 5.88 Å². The van der Waals surface area contributed by atoms with Crippen LogP contribution in [0.25, 0.3) is 0 Å². The maximum Gasteiger partial charge on any atom is 0.231 e. The van der Waals surface area contributed by atoms with Crippen LogP contribution in [0, 0.1) is 6.92 Å². The quantitative estimate of drug-likeness (QED) is 0.831. The Hall–Kier alpha value is -1.97. The molecule has 18 heavy (non-hydrogen) atoms. The number of methoxy groups -OCH3 is 1. The van der Waals surface area contributed by atoms with Gasteiger partial charge in [0.1, 0.15) is 0 Å². The van der Waals surface area contributed by atoms with E-state index in [0.717, 1.165) is 17.0 Å². The summed E-state index contributed by atoms with van der Waals surface area (Å²) in [6, 6.07) is 4.09. The van der Waals surface area contributed by atoms with Crippen molar-refractivity contribution >= 4 is 0 Å². The summed E-state index contributed by atoms with van der Waals surface area (Å²) < 4.78 is 5.01. The van der Waals surface area contributed by atoms with Gasteiger partial charge < -0.3 is 4.74 Å². The lowest BCUT2D eigenvalue weighted by molar-refractivity contribution is 0.393. The van der Waals surface area contributed by atoms with E-state index in [-0.39, 0.29) is 5.41 Å². The molecule has 0 saturated carbocycles. The summed E-state index contributed by atoms with van der Waals surface area (Å²) in [6.07, 6.45) is 5.24. The molecule has 0 spiro atoms. The highest BCUT2D eigenvalue weighted by molar-refractivity contribution is 5.29. The van der Waals surface area contributed by atoms with E-state index in [9.17, 15) is 0 Å². The van der Waals surface area contributed by atoms with Crippen LogP contribution in [0.15, 0.2) is 30.7 Å². The molecule has 2 rings (SSSR count). The van der Waals surface area contributed by atoms with Crippen LogP contribution in [0.4, 0.5) is 0 Å². The SMILES string of the molecule is COc1cnc(C(C)(C)c2ccc(C)cn2)cn1. The van der Waals surface area contributed by atoms with Crippen LogP contribution in [-0.4, -0.2) is 22.1 Å². The minimum atomic E-state index is -0.271. The largest absolute Gasteiger partial charge is 0.480 e. The van der Waals surface area contributed by atoms with Gasteiger partial charge in [-0.25, -0.2) is 4.98 Å². The second-order valence-corrected chi connectivity index (χ2v) is 4.79. The van der Waals surface area contributed by atoms with E-state index in [4.69, 9.17) is 4.74 Å². The molecule has 2 aromatic heterocycles. The summed E-state index contributed by atoms with van der Waals surface area (Å²) in [6.45, 7) is 6.19. The van der Waals surface area contributed by atoms with Crippen molar-refractivity contribution in [2.45, 2.75) is 26.2 Å². The minimum Gasteiger partial charge on any atom is -0.480 e. The lowest BCUT2D eigenvalue weighted by Gasteiger charge is -2.23. The summed E-state index contributed by atoms with van der Waals surface area (Å²) in [7, 11) is 1.58. The summed E-state index contributed by atoms with van der Waals surface area (Å²) >= 11 is 0. The molecule has 0 N–H and O–H groups in total. The van der Waals surface area contributed by atoms with Crippen LogP contribution in [0.3, 0.4) is 0 Å². The molecular formula is C14H17N3O. The van der Waals surface area contributed by atoms with Crippen LogP contribution < -0.4 is 4.74 Å². The molecule has 4 heteroatoms. The molecule has 2 heterocycles. The van der Waals surface area contributed by atoms with Gasteiger partial charge >= 0.3 is 0 Å². The van der Waals surface area contributed by atoms with E-state index in [1.54, 1.807) is 19.5 Å². The molecule has 0 aliphatic carbocycles. The van der Waals surface area contributed by atoms with Crippen molar-refractivity contribution in [1.29, 1.82) is 0 Å². The number of ether oxygens (including phenoxy) is 1. The van der Waals surface area contributed by atoms with Gasteiger partial charge in [0.15, 0.2) is 0 Å². The molecule has 0 atom stereocenters. The standard InChI is InChI=1S/C14H17N3O/c1-10-5-6-11(15-7-10)14(2,3)12-8-17-13(18-4)9-16-12/h5-9H,1-4H3. The molecule has 0 unspecified atom stereocenters. The number of hydrogen-bond donors (Lipinski definition) is 0. The number of aromatic nitrogens is 3. The van der Waals surface area contributed by atoms with Gasteiger partial charge in [0, 0.05) is 6.20 Å². The number of pyridine rings is 1. The molecule has 2 aromatic rings. The molecule has 0 radical (unpaired) electrons.